The van der Waals surface area contributed by atoms with Crippen molar-refractivity contribution in [3.63, 3.8) is 0 Å². The number of carbonyl (C=O) groups is 4. The third kappa shape index (κ3) is 50.9. The number of unbranched alkanes of at least 4 members (excludes halogenated alkanes) is 4. The van der Waals surface area contributed by atoms with Gasteiger partial charge in [-0.15, -0.1) is 0 Å². The molecule has 1 aliphatic heterocycles. The van der Waals surface area contributed by atoms with Crippen molar-refractivity contribution in [2.45, 2.75) is 92.9 Å². The Balaban J connectivity index is -0.000000145. The standard InChI is InChI=1S/C10H18O2.C8H14O2.C6H9NO.C4H6O2.C3H5F.C2H2F2/c1-4-5-6-7-8-12-10(11)9(2)3;1-4-5-6-10-8(9)7(2)3;1-2-7-5-3-4-6(7)8;1-3-6-4(2)5;1-2-3-4;1-2(3)4/h2,4-8H2,1,3H3;2,4-6H2,1,3H3;2H,1,3-5H2;3H,1H2,2H3;2-3H,1H3;1H2. The van der Waals surface area contributed by atoms with Crippen LogP contribution in [0.3, 0.4) is 0 Å². The van der Waals surface area contributed by atoms with Crippen LogP contribution in [0.5, 0.6) is 0 Å². The zero-order chi connectivity index (χ0) is 35.3. The quantitative estimate of drug-likeness (QED) is 0.0696. The number of likely N-dealkylation sites (tertiary alicyclic amines) is 1. The van der Waals surface area contributed by atoms with Gasteiger partial charge in [-0.2, -0.15) is 8.78 Å². The van der Waals surface area contributed by atoms with E-state index in [1.165, 1.54) is 25.8 Å². The van der Waals surface area contributed by atoms with E-state index in [0.29, 0.717) is 37.1 Å². The maximum absolute atomic E-state index is 10.9. The number of ether oxygens (including phenoxy) is 3. The van der Waals surface area contributed by atoms with Crippen molar-refractivity contribution < 1.29 is 46.6 Å². The van der Waals surface area contributed by atoms with E-state index in [2.05, 4.69) is 51.5 Å². The summed E-state index contributed by atoms with van der Waals surface area (Å²) in [6, 6.07) is 0. The minimum atomic E-state index is -1.83. The van der Waals surface area contributed by atoms with Gasteiger partial charge in [-0.1, -0.05) is 71.9 Å². The van der Waals surface area contributed by atoms with E-state index in [0.717, 1.165) is 44.9 Å². The van der Waals surface area contributed by atoms with Gasteiger partial charge in [0.2, 0.25) is 5.91 Å². The fourth-order valence-corrected chi connectivity index (χ4v) is 2.23. The van der Waals surface area contributed by atoms with E-state index >= 15 is 0 Å². The number of carbonyl (C=O) groups excluding carboxylic acids is 4. The summed E-state index contributed by atoms with van der Waals surface area (Å²) >= 11 is 0. The van der Waals surface area contributed by atoms with E-state index < -0.39 is 6.08 Å². The van der Waals surface area contributed by atoms with Gasteiger partial charge in [-0.05, 0) is 52.8 Å². The second-order valence-corrected chi connectivity index (χ2v) is 8.69. The lowest BCUT2D eigenvalue weighted by molar-refractivity contribution is -0.139. The van der Waals surface area contributed by atoms with Crippen LogP contribution < -0.4 is 0 Å². The van der Waals surface area contributed by atoms with E-state index in [1.807, 2.05) is 0 Å². The Labute approximate surface area is 263 Å². The Kier molecular flexibility index (Phi) is 44.2. The molecule has 1 fully saturated rings. The number of esters is 3. The molecule has 8 nitrogen and oxygen atoms in total. The molecule has 0 spiro atoms. The first kappa shape index (κ1) is 49.8. The lowest BCUT2D eigenvalue weighted by Crippen LogP contribution is -2.16. The molecule has 0 aromatic carbocycles. The Bertz CT molecular complexity index is 863. The van der Waals surface area contributed by atoms with Crippen LogP contribution in [0.4, 0.5) is 13.2 Å². The van der Waals surface area contributed by atoms with Gasteiger partial charge in [0.25, 0.3) is 6.08 Å². The highest BCUT2D eigenvalue weighted by Gasteiger charge is 2.16. The fraction of sp³-hybridized carbons (Fsp3) is 0.515. The molecule has 0 unspecified atom stereocenters. The van der Waals surface area contributed by atoms with Gasteiger partial charge in [0.15, 0.2) is 0 Å². The van der Waals surface area contributed by atoms with Crippen LogP contribution in [0.15, 0.2) is 75.0 Å². The fourth-order valence-electron chi connectivity index (χ4n) is 2.23. The van der Waals surface area contributed by atoms with Crippen LogP contribution in [-0.2, 0) is 33.4 Å². The largest absolute Gasteiger partial charge is 0.462 e. The summed E-state index contributed by atoms with van der Waals surface area (Å²) in [4.78, 5) is 43.6. The lowest BCUT2D eigenvalue weighted by atomic mass is 10.2. The number of hydrogen-bond acceptors (Lipinski definition) is 7. The molecule has 0 aromatic heterocycles. The monoisotopic (exact) mass is 633 g/mol. The van der Waals surface area contributed by atoms with E-state index in [9.17, 15) is 32.3 Å². The summed E-state index contributed by atoms with van der Waals surface area (Å²) in [6.45, 7) is 28.2. The molecule has 11 heteroatoms. The number of rotatable bonds is 12. The topological polar surface area (TPSA) is 99.2 Å². The van der Waals surface area contributed by atoms with Crippen molar-refractivity contribution in [2.75, 3.05) is 19.8 Å². The molecule has 0 radical (unpaired) electrons. The molecule has 1 amide bonds. The summed E-state index contributed by atoms with van der Waals surface area (Å²) in [5, 5.41) is 0. The van der Waals surface area contributed by atoms with Gasteiger partial charge < -0.3 is 19.1 Å². The van der Waals surface area contributed by atoms with Gasteiger partial charge in [0.1, 0.15) is 0 Å². The minimum Gasteiger partial charge on any atom is -0.462 e. The molecule has 1 rings (SSSR count). The van der Waals surface area contributed by atoms with Crippen molar-refractivity contribution in [2.24, 2.45) is 0 Å². The first-order valence-electron chi connectivity index (χ1n) is 14.2. The highest BCUT2D eigenvalue weighted by molar-refractivity contribution is 5.87. The van der Waals surface area contributed by atoms with Gasteiger partial charge in [0, 0.05) is 31.0 Å². The zero-order valence-corrected chi connectivity index (χ0v) is 27.6. The average Bonchev–Trinajstić information content (AvgIpc) is 3.38. The van der Waals surface area contributed by atoms with Gasteiger partial charge in [0.05, 0.1) is 25.8 Å². The highest BCUT2D eigenvalue weighted by Crippen LogP contribution is 2.08. The number of hydrogen-bond donors (Lipinski definition) is 0. The van der Waals surface area contributed by atoms with Gasteiger partial charge >= 0.3 is 17.9 Å². The Morgan fingerprint density at radius 3 is 1.52 bits per heavy atom. The van der Waals surface area contributed by atoms with Crippen molar-refractivity contribution in [3.05, 3.63) is 75.0 Å². The average molecular weight is 634 g/mol. The summed E-state index contributed by atoms with van der Waals surface area (Å²) in [5.74, 6) is -0.676. The number of halogens is 3. The van der Waals surface area contributed by atoms with Crippen molar-refractivity contribution in [1.82, 2.24) is 4.90 Å². The van der Waals surface area contributed by atoms with Crippen molar-refractivity contribution in [1.29, 1.82) is 0 Å². The Morgan fingerprint density at radius 1 is 0.864 bits per heavy atom. The summed E-state index contributed by atoms with van der Waals surface area (Å²) in [5.41, 5.74) is 0.946. The Morgan fingerprint density at radius 2 is 1.30 bits per heavy atom. The van der Waals surface area contributed by atoms with E-state index in [4.69, 9.17) is 9.47 Å². The van der Waals surface area contributed by atoms with Crippen LogP contribution in [-0.4, -0.2) is 48.5 Å². The smallest absolute Gasteiger partial charge is 0.333 e. The second kappa shape index (κ2) is 39.1. The molecule has 0 aromatic rings. The van der Waals surface area contributed by atoms with Crippen LogP contribution in [0.2, 0.25) is 0 Å². The van der Waals surface area contributed by atoms with E-state index in [-0.39, 0.29) is 23.8 Å². The van der Waals surface area contributed by atoms with Crippen LogP contribution in [0.1, 0.15) is 92.9 Å². The number of amides is 1. The lowest BCUT2D eigenvalue weighted by Gasteiger charge is -2.05. The third-order valence-corrected chi connectivity index (χ3v) is 4.36. The number of allylic oxidation sites excluding steroid dienone is 1. The molecular weight excluding hydrogens is 579 g/mol. The molecule has 0 bridgehead atoms. The first-order valence-corrected chi connectivity index (χ1v) is 14.2. The normalized spacial score (nSPS) is 10.6. The van der Waals surface area contributed by atoms with Crippen LogP contribution >= 0.6 is 0 Å². The summed E-state index contributed by atoms with van der Waals surface area (Å²) < 4.78 is 44.7. The zero-order valence-electron chi connectivity index (χ0n) is 27.6. The van der Waals surface area contributed by atoms with Gasteiger partial charge in [-0.25, -0.2) is 14.0 Å². The molecule has 0 saturated carbocycles. The van der Waals surface area contributed by atoms with Gasteiger partial charge in [-0.3, -0.25) is 9.59 Å². The molecule has 1 saturated heterocycles. The minimum absolute atomic E-state index is 0.208. The second-order valence-electron chi connectivity index (χ2n) is 8.69. The SMILES string of the molecule is C=C(C)C(=O)OCCCC.C=C(C)C(=O)OCCCCCC.C=C(F)F.C=CN1CCCC1=O.C=COC(C)=O.CC=CF. The Hall–Kier alpha value is -3.89. The van der Waals surface area contributed by atoms with Crippen molar-refractivity contribution in [3.8, 4) is 0 Å². The summed E-state index contributed by atoms with van der Waals surface area (Å²) in [7, 11) is 0. The third-order valence-electron chi connectivity index (χ3n) is 4.36. The maximum atomic E-state index is 10.9. The highest BCUT2D eigenvalue weighted by atomic mass is 19.3. The molecular formula is C33H54F3NO7. The predicted octanol–water partition coefficient (Wildman–Crippen LogP) is 8.92. The molecule has 44 heavy (non-hydrogen) atoms. The van der Waals surface area contributed by atoms with Crippen LogP contribution in [0, 0.1) is 0 Å². The molecule has 254 valence electrons. The molecule has 0 aliphatic carbocycles. The molecule has 0 N–H and O–H groups in total. The molecule has 1 aliphatic rings. The molecule has 1 heterocycles. The predicted molar refractivity (Wildman–Crippen MR) is 171 cm³/mol. The van der Waals surface area contributed by atoms with Crippen LogP contribution in [0.25, 0.3) is 0 Å². The maximum Gasteiger partial charge on any atom is 0.333 e. The number of nitrogens with zero attached hydrogens (tertiary/aromatic N) is 1. The molecule has 0 atom stereocenters. The summed E-state index contributed by atoms with van der Waals surface area (Å²) in [6.07, 6.45) is 10.9. The van der Waals surface area contributed by atoms with E-state index in [1.54, 1.807) is 31.9 Å². The van der Waals surface area contributed by atoms with Crippen molar-refractivity contribution >= 4 is 23.8 Å². The first-order chi connectivity index (χ1) is 20.6.